The van der Waals surface area contributed by atoms with Gasteiger partial charge in [-0.3, -0.25) is 4.79 Å². The van der Waals surface area contributed by atoms with E-state index < -0.39 is 0 Å². The fourth-order valence-corrected chi connectivity index (χ4v) is 2.48. The molecule has 26 heavy (non-hydrogen) atoms. The van der Waals surface area contributed by atoms with E-state index in [0.717, 1.165) is 16.7 Å². The zero-order valence-electron chi connectivity index (χ0n) is 14.4. The van der Waals surface area contributed by atoms with Gasteiger partial charge in [-0.25, -0.2) is 4.39 Å². The standard InChI is InChI=1S/C20H19FN4O/c1-14-3-2-4-16(11-14)12-20(26)23-19-10-9-18(24-25-19)22-13-15-5-7-17(21)8-6-15/h2-11H,12-13H2,1H3,(H,22,24)(H,23,25,26). The molecule has 0 aliphatic heterocycles. The minimum Gasteiger partial charge on any atom is -0.365 e. The molecule has 0 radical (unpaired) electrons. The van der Waals surface area contributed by atoms with Crippen LogP contribution >= 0.6 is 0 Å². The number of nitrogens with one attached hydrogen (secondary N) is 2. The number of nitrogens with zero attached hydrogens (tertiary/aromatic N) is 2. The van der Waals surface area contributed by atoms with E-state index in [9.17, 15) is 9.18 Å². The first-order chi connectivity index (χ1) is 12.6. The Bertz CT molecular complexity index is 879. The molecule has 0 atom stereocenters. The molecule has 0 spiro atoms. The van der Waals surface area contributed by atoms with Gasteiger partial charge in [0.15, 0.2) is 5.82 Å². The molecule has 0 saturated carbocycles. The number of rotatable bonds is 6. The highest BCUT2D eigenvalue weighted by Gasteiger charge is 2.06. The summed E-state index contributed by atoms with van der Waals surface area (Å²) in [4.78, 5) is 12.1. The molecule has 0 fully saturated rings. The lowest BCUT2D eigenvalue weighted by Gasteiger charge is -2.07. The van der Waals surface area contributed by atoms with E-state index in [4.69, 9.17) is 0 Å². The topological polar surface area (TPSA) is 66.9 Å². The monoisotopic (exact) mass is 350 g/mol. The lowest BCUT2D eigenvalue weighted by molar-refractivity contribution is -0.115. The highest BCUT2D eigenvalue weighted by atomic mass is 19.1. The number of amides is 1. The van der Waals surface area contributed by atoms with Gasteiger partial charge in [0.25, 0.3) is 0 Å². The van der Waals surface area contributed by atoms with Gasteiger partial charge in [-0.2, -0.15) is 0 Å². The van der Waals surface area contributed by atoms with Crippen molar-refractivity contribution in [2.45, 2.75) is 19.9 Å². The summed E-state index contributed by atoms with van der Waals surface area (Å²) >= 11 is 0. The average Bonchev–Trinajstić information content (AvgIpc) is 2.62. The molecular formula is C20H19FN4O. The number of halogens is 1. The largest absolute Gasteiger partial charge is 0.365 e. The quantitative estimate of drug-likeness (QED) is 0.711. The lowest BCUT2D eigenvalue weighted by atomic mass is 10.1. The number of anilines is 2. The third-order valence-electron chi connectivity index (χ3n) is 3.77. The highest BCUT2D eigenvalue weighted by molar-refractivity contribution is 5.91. The molecule has 5 nitrogen and oxygen atoms in total. The first-order valence-corrected chi connectivity index (χ1v) is 8.26. The van der Waals surface area contributed by atoms with Crippen molar-refractivity contribution in [3.63, 3.8) is 0 Å². The molecule has 0 aliphatic carbocycles. The van der Waals surface area contributed by atoms with Gasteiger partial charge in [-0.05, 0) is 42.3 Å². The van der Waals surface area contributed by atoms with Gasteiger partial charge in [0.05, 0.1) is 6.42 Å². The van der Waals surface area contributed by atoms with E-state index in [0.29, 0.717) is 18.2 Å². The predicted molar refractivity (Wildman–Crippen MR) is 99.3 cm³/mol. The molecule has 1 aromatic heterocycles. The first-order valence-electron chi connectivity index (χ1n) is 8.26. The van der Waals surface area contributed by atoms with Crippen molar-refractivity contribution < 1.29 is 9.18 Å². The van der Waals surface area contributed by atoms with E-state index in [1.54, 1.807) is 24.3 Å². The van der Waals surface area contributed by atoms with Gasteiger partial charge in [0, 0.05) is 6.54 Å². The van der Waals surface area contributed by atoms with Gasteiger partial charge in [-0.1, -0.05) is 42.0 Å². The number of aryl methyl sites for hydroxylation is 1. The summed E-state index contributed by atoms with van der Waals surface area (Å²) in [6.07, 6.45) is 0.286. The summed E-state index contributed by atoms with van der Waals surface area (Å²) in [5.74, 6) is 0.567. The summed E-state index contributed by atoms with van der Waals surface area (Å²) in [5, 5.41) is 13.9. The van der Waals surface area contributed by atoms with Gasteiger partial charge in [0.2, 0.25) is 5.91 Å². The van der Waals surface area contributed by atoms with Crippen LogP contribution in [-0.2, 0) is 17.8 Å². The van der Waals surface area contributed by atoms with Gasteiger partial charge < -0.3 is 10.6 Å². The van der Waals surface area contributed by atoms with Crippen LogP contribution in [0.15, 0.2) is 60.7 Å². The maximum absolute atomic E-state index is 12.9. The van der Waals surface area contributed by atoms with E-state index in [2.05, 4.69) is 20.8 Å². The third kappa shape index (κ3) is 5.11. The van der Waals surface area contributed by atoms with Crippen LogP contribution in [0.5, 0.6) is 0 Å². The van der Waals surface area contributed by atoms with Crippen molar-refractivity contribution in [1.29, 1.82) is 0 Å². The van der Waals surface area contributed by atoms with Gasteiger partial charge >= 0.3 is 0 Å². The maximum Gasteiger partial charge on any atom is 0.229 e. The minimum absolute atomic E-state index is 0.142. The molecule has 0 saturated heterocycles. The number of benzene rings is 2. The maximum atomic E-state index is 12.9. The van der Waals surface area contributed by atoms with Gasteiger partial charge in [-0.15, -0.1) is 10.2 Å². The summed E-state index contributed by atoms with van der Waals surface area (Å²) < 4.78 is 12.9. The van der Waals surface area contributed by atoms with E-state index in [1.807, 2.05) is 31.2 Å². The molecule has 3 rings (SSSR count). The van der Waals surface area contributed by atoms with Crippen molar-refractivity contribution in [2.24, 2.45) is 0 Å². The van der Waals surface area contributed by atoms with Crippen LogP contribution in [0.1, 0.15) is 16.7 Å². The Morgan fingerprint density at radius 1 is 0.962 bits per heavy atom. The number of hydrogen-bond acceptors (Lipinski definition) is 4. The van der Waals surface area contributed by atoms with Gasteiger partial charge in [0.1, 0.15) is 11.6 Å². The number of carbonyl (C=O) groups excluding carboxylic acids is 1. The lowest BCUT2D eigenvalue weighted by Crippen LogP contribution is -2.16. The van der Waals surface area contributed by atoms with E-state index in [1.165, 1.54) is 12.1 Å². The van der Waals surface area contributed by atoms with Crippen LogP contribution in [0.25, 0.3) is 0 Å². The normalized spacial score (nSPS) is 10.4. The molecule has 1 amide bonds. The molecule has 0 aliphatic rings. The molecule has 2 aromatic carbocycles. The van der Waals surface area contributed by atoms with E-state index >= 15 is 0 Å². The molecule has 0 unspecified atom stereocenters. The van der Waals surface area contributed by atoms with Crippen LogP contribution < -0.4 is 10.6 Å². The Balaban J connectivity index is 1.52. The fraction of sp³-hybridized carbons (Fsp3) is 0.150. The van der Waals surface area contributed by atoms with Crippen molar-refractivity contribution in [1.82, 2.24) is 10.2 Å². The van der Waals surface area contributed by atoms with Crippen molar-refractivity contribution in [3.8, 4) is 0 Å². The minimum atomic E-state index is -0.265. The fourth-order valence-electron chi connectivity index (χ4n) is 2.48. The van der Waals surface area contributed by atoms with Crippen molar-refractivity contribution in [2.75, 3.05) is 10.6 Å². The Kier molecular flexibility index (Phi) is 5.53. The SMILES string of the molecule is Cc1cccc(CC(=O)Nc2ccc(NCc3ccc(F)cc3)nn2)c1. The Morgan fingerprint density at radius 2 is 1.69 bits per heavy atom. The molecule has 132 valence electrons. The smallest absolute Gasteiger partial charge is 0.229 e. The number of aromatic nitrogens is 2. The van der Waals surface area contributed by atoms with Crippen LogP contribution in [0.3, 0.4) is 0 Å². The Morgan fingerprint density at radius 3 is 2.38 bits per heavy atom. The molecule has 6 heteroatoms. The second-order valence-electron chi connectivity index (χ2n) is 6.00. The number of carbonyl (C=O) groups is 1. The van der Waals surface area contributed by atoms with E-state index in [-0.39, 0.29) is 18.1 Å². The zero-order valence-corrected chi connectivity index (χ0v) is 14.4. The molecule has 2 N–H and O–H groups in total. The second-order valence-corrected chi connectivity index (χ2v) is 6.00. The first kappa shape index (κ1) is 17.5. The molecule has 3 aromatic rings. The summed E-state index contributed by atoms with van der Waals surface area (Å²) in [6.45, 7) is 2.50. The highest BCUT2D eigenvalue weighted by Crippen LogP contribution is 2.10. The number of hydrogen-bond donors (Lipinski definition) is 2. The molecule has 1 heterocycles. The van der Waals surface area contributed by atoms with Crippen molar-refractivity contribution in [3.05, 3.63) is 83.2 Å². The summed E-state index contributed by atoms with van der Waals surface area (Å²) in [6, 6.07) is 17.5. The van der Waals surface area contributed by atoms with Crippen LogP contribution in [0.2, 0.25) is 0 Å². The van der Waals surface area contributed by atoms with Crippen LogP contribution in [0.4, 0.5) is 16.0 Å². The third-order valence-corrected chi connectivity index (χ3v) is 3.77. The molecule has 0 bridgehead atoms. The predicted octanol–water partition coefficient (Wildman–Crippen LogP) is 3.72. The second kappa shape index (κ2) is 8.20. The van der Waals surface area contributed by atoms with Crippen LogP contribution in [-0.4, -0.2) is 16.1 Å². The van der Waals surface area contributed by atoms with Crippen LogP contribution in [0, 0.1) is 12.7 Å². The van der Waals surface area contributed by atoms with Crippen molar-refractivity contribution >= 4 is 17.5 Å². The average molecular weight is 350 g/mol. The Hall–Kier alpha value is -3.28. The summed E-state index contributed by atoms with van der Waals surface area (Å²) in [5.41, 5.74) is 3.00. The Labute approximate surface area is 151 Å². The molecular weight excluding hydrogens is 331 g/mol. The zero-order chi connectivity index (χ0) is 18.4. The summed E-state index contributed by atoms with van der Waals surface area (Å²) in [7, 11) is 0.